The van der Waals surface area contributed by atoms with E-state index in [1.165, 1.54) is 23.3 Å². The molecular formula is C21H23ClFNO2S2. The Kier molecular flexibility index (Phi) is 7.39. The number of sulfone groups is 1. The maximum Gasteiger partial charge on any atom is 0.175 e. The second-order valence-electron chi connectivity index (χ2n) is 6.59. The zero-order chi connectivity index (χ0) is 19.6. The van der Waals surface area contributed by atoms with Crippen LogP contribution in [0, 0.1) is 5.82 Å². The molecule has 0 N–H and O–H groups in total. The molecule has 0 atom stereocenters. The van der Waals surface area contributed by atoms with Crippen molar-refractivity contribution in [2.45, 2.75) is 18.4 Å². The van der Waals surface area contributed by atoms with Crippen LogP contribution < -0.4 is 0 Å². The van der Waals surface area contributed by atoms with Gasteiger partial charge in [-0.1, -0.05) is 31.2 Å². The lowest BCUT2D eigenvalue weighted by Gasteiger charge is -2.11. The van der Waals surface area contributed by atoms with Gasteiger partial charge in [0.05, 0.1) is 4.90 Å². The molecule has 1 heterocycles. The third-order valence-corrected chi connectivity index (χ3v) is 6.75. The number of halogens is 2. The Morgan fingerprint density at radius 1 is 1.00 bits per heavy atom. The molecule has 3 aromatic rings. The Balaban J connectivity index is 0.00000280. The summed E-state index contributed by atoms with van der Waals surface area (Å²) in [6.45, 7) is 3.89. The summed E-state index contributed by atoms with van der Waals surface area (Å²) >= 11 is 1.68. The molecule has 0 spiro atoms. The highest BCUT2D eigenvalue weighted by atomic mass is 35.5. The summed E-state index contributed by atoms with van der Waals surface area (Å²) in [5, 5.41) is 0. The lowest BCUT2D eigenvalue weighted by atomic mass is 10.0. The molecule has 0 fully saturated rings. The summed E-state index contributed by atoms with van der Waals surface area (Å²) in [5.74, 6) is -0.264. The van der Waals surface area contributed by atoms with Crippen LogP contribution in [-0.2, 0) is 16.4 Å². The van der Waals surface area contributed by atoms with Gasteiger partial charge in [0.25, 0.3) is 0 Å². The van der Waals surface area contributed by atoms with Gasteiger partial charge in [-0.25, -0.2) is 12.8 Å². The summed E-state index contributed by atoms with van der Waals surface area (Å²) < 4.78 is 36.8. The molecule has 2 aromatic carbocycles. The van der Waals surface area contributed by atoms with Crippen molar-refractivity contribution in [2.75, 3.05) is 19.8 Å². The minimum atomic E-state index is -3.23. The first-order valence-corrected chi connectivity index (χ1v) is 11.4. The second-order valence-corrected chi connectivity index (χ2v) is 9.74. The molecule has 3 nitrogen and oxygen atoms in total. The van der Waals surface area contributed by atoms with Crippen molar-refractivity contribution in [1.29, 1.82) is 0 Å². The van der Waals surface area contributed by atoms with Gasteiger partial charge in [-0.3, -0.25) is 0 Å². The van der Waals surface area contributed by atoms with Crippen LogP contribution in [0.1, 0.15) is 11.8 Å². The Morgan fingerprint density at radius 3 is 2.11 bits per heavy atom. The van der Waals surface area contributed by atoms with Gasteiger partial charge in [-0.15, -0.1) is 23.7 Å². The molecule has 0 aliphatic rings. The molecule has 0 radical (unpaired) electrons. The maximum absolute atomic E-state index is 13.3. The van der Waals surface area contributed by atoms with Crippen LogP contribution in [0.25, 0.3) is 21.6 Å². The Hall–Kier alpha value is -1.73. The normalized spacial score (nSPS) is 11.5. The maximum atomic E-state index is 13.3. The smallest absolute Gasteiger partial charge is 0.175 e. The topological polar surface area (TPSA) is 37.4 Å². The Labute approximate surface area is 176 Å². The van der Waals surface area contributed by atoms with E-state index < -0.39 is 9.84 Å². The first kappa shape index (κ1) is 22.6. The van der Waals surface area contributed by atoms with Gasteiger partial charge >= 0.3 is 0 Å². The molecule has 28 heavy (non-hydrogen) atoms. The van der Waals surface area contributed by atoms with Crippen LogP contribution in [0.5, 0.6) is 0 Å². The van der Waals surface area contributed by atoms with Crippen LogP contribution in [0.15, 0.2) is 59.5 Å². The van der Waals surface area contributed by atoms with Crippen LogP contribution >= 0.6 is 23.7 Å². The van der Waals surface area contributed by atoms with E-state index in [-0.39, 0.29) is 18.2 Å². The predicted octanol–water partition coefficient (Wildman–Crippen LogP) is 5.50. The van der Waals surface area contributed by atoms with Gasteiger partial charge in [0.2, 0.25) is 0 Å². The highest BCUT2D eigenvalue weighted by molar-refractivity contribution is 7.90. The fraction of sp³-hybridized carbons (Fsp3) is 0.238. The number of benzene rings is 2. The quantitative estimate of drug-likeness (QED) is 0.509. The molecule has 0 aliphatic heterocycles. The number of thiophene rings is 1. The van der Waals surface area contributed by atoms with E-state index in [2.05, 4.69) is 24.9 Å². The molecule has 150 valence electrons. The first-order valence-electron chi connectivity index (χ1n) is 8.65. The Bertz CT molecular complexity index is 1030. The average molecular weight is 440 g/mol. The molecular weight excluding hydrogens is 417 g/mol. The zero-order valence-corrected chi connectivity index (χ0v) is 18.4. The second kappa shape index (κ2) is 9.18. The van der Waals surface area contributed by atoms with E-state index in [0.717, 1.165) is 34.7 Å². The van der Waals surface area contributed by atoms with Gasteiger partial charge in [-0.05, 0) is 55.1 Å². The fourth-order valence-corrected chi connectivity index (χ4v) is 4.70. The number of rotatable bonds is 6. The largest absolute Gasteiger partial charge is 0.302 e. The van der Waals surface area contributed by atoms with Gasteiger partial charge in [0.15, 0.2) is 9.84 Å². The van der Waals surface area contributed by atoms with Crippen molar-refractivity contribution in [3.05, 3.63) is 65.3 Å². The van der Waals surface area contributed by atoms with E-state index in [1.807, 2.05) is 12.1 Å². The van der Waals surface area contributed by atoms with Crippen LogP contribution in [0.4, 0.5) is 4.39 Å². The number of nitrogens with zero attached hydrogens (tertiary/aromatic N) is 1. The van der Waals surface area contributed by atoms with Crippen molar-refractivity contribution >= 4 is 33.6 Å². The first-order chi connectivity index (χ1) is 12.8. The van der Waals surface area contributed by atoms with Gasteiger partial charge in [-0.2, -0.15) is 0 Å². The van der Waals surface area contributed by atoms with E-state index in [0.29, 0.717) is 4.90 Å². The summed E-state index contributed by atoms with van der Waals surface area (Å²) in [6, 6.07) is 15.6. The summed E-state index contributed by atoms with van der Waals surface area (Å²) in [4.78, 5) is 4.79. The van der Waals surface area contributed by atoms with E-state index >= 15 is 0 Å². The number of hydrogen-bond donors (Lipinski definition) is 0. The summed E-state index contributed by atoms with van der Waals surface area (Å²) in [7, 11) is -1.16. The zero-order valence-electron chi connectivity index (χ0n) is 16.0. The van der Waals surface area contributed by atoms with E-state index in [9.17, 15) is 12.8 Å². The highest BCUT2D eigenvalue weighted by Gasteiger charge is 2.15. The summed E-state index contributed by atoms with van der Waals surface area (Å²) in [5.41, 5.74) is 2.93. The van der Waals surface area contributed by atoms with Crippen molar-refractivity contribution in [1.82, 2.24) is 4.90 Å². The molecule has 0 saturated carbocycles. The standard InChI is InChI=1S/C21H22FNO2S2.ClH/c1-4-23(2)14-18-13-20(15-7-11-19(12-8-15)27(3,24)25)21(26-18)16-5-9-17(22)10-6-16;/h5-13H,4,14H2,1-3H3;1H. The SMILES string of the molecule is CCN(C)Cc1cc(-c2ccc(S(C)(=O)=O)cc2)c(-c2ccc(F)cc2)s1.Cl. The van der Waals surface area contributed by atoms with Gasteiger partial charge in [0, 0.05) is 28.1 Å². The lowest BCUT2D eigenvalue weighted by molar-refractivity contribution is 0.349. The molecule has 0 saturated heterocycles. The summed E-state index contributed by atoms with van der Waals surface area (Å²) in [6.07, 6.45) is 1.20. The highest BCUT2D eigenvalue weighted by Crippen LogP contribution is 2.40. The monoisotopic (exact) mass is 439 g/mol. The lowest BCUT2D eigenvalue weighted by Crippen LogP contribution is -2.15. The molecule has 3 rings (SSSR count). The van der Waals surface area contributed by atoms with Crippen molar-refractivity contribution in [3.63, 3.8) is 0 Å². The average Bonchev–Trinajstić information content (AvgIpc) is 3.05. The molecule has 7 heteroatoms. The molecule has 0 bridgehead atoms. The molecule has 0 aliphatic carbocycles. The fourth-order valence-electron chi connectivity index (χ4n) is 2.81. The Morgan fingerprint density at radius 2 is 1.57 bits per heavy atom. The minimum Gasteiger partial charge on any atom is -0.302 e. The molecule has 0 unspecified atom stereocenters. The molecule has 0 amide bonds. The third-order valence-electron chi connectivity index (χ3n) is 4.45. The van der Waals surface area contributed by atoms with Gasteiger partial charge in [0.1, 0.15) is 5.82 Å². The van der Waals surface area contributed by atoms with Crippen LogP contribution in [-0.4, -0.2) is 33.2 Å². The van der Waals surface area contributed by atoms with Crippen molar-refractivity contribution in [2.24, 2.45) is 0 Å². The van der Waals surface area contributed by atoms with E-state index in [1.54, 1.807) is 35.6 Å². The predicted molar refractivity (Wildman–Crippen MR) is 118 cm³/mol. The van der Waals surface area contributed by atoms with E-state index in [4.69, 9.17) is 0 Å². The van der Waals surface area contributed by atoms with Crippen LogP contribution in [0.2, 0.25) is 0 Å². The van der Waals surface area contributed by atoms with Crippen molar-refractivity contribution < 1.29 is 12.8 Å². The third kappa shape index (κ3) is 5.20. The van der Waals surface area contributed by atoms with Crippen LogP contribution in [0.3, 0.4) is 0 Å². The number of hydrogen-bond acceptors (Lipinski definition) is 4. The van der Waals surface area contributed by atoms with Crippen molar-refractivity contribution in [3.8, 4) is 21.6 Å². The van der Waals surface area contributed by atoms with Gasteiger partial charge < -0.3 is 4.90 Å². The molecule has 1 aromatic heterocycles. The minimum absolute atomic E-state index is 0.